The lowest BCUT2D eigenvalue weighted by molar-refractivity contribution is -0.133. The largest absolute Gasteiger partial charge is 0.340 e. The smallest absolute Gasteiger partial charge is 0.266 e. The number of piperazine rings is 1. The molecule has 0 aliphatic carbocycles. The van der Waals surface area contributed by atoms with Gasteiger partial charge < -0.3 is 9.88 Å². The van der Waals surface area contributed by atoms with Crippen LogP contribution < -0.4 is 5.56 Å². The molecule has 1 aliphatic rings. The van der Waals surface area contributed by atoms with Gasteiger partial charge in [-0.05, 0) is 38.3 Å². The van der Waals surface area contributed by atoms with Crippen molar-refractivity contribution in [1.29, 1.82) is 5.26 Å². The molecule has 1 amide bonds. The molecule has 148 valence electrons. The second-order valence-electron chi connectivity index (χ2n) is 7.18. The van der Waals surface area contributed by atoms with Gasteiger partial charge in [-0.3, -0.25) is 14.5 Å². The van der Waals surface area contributed by atoms with Gasteiger partial charge in [0.25, 0.3) is 5.56 Å². The first-order valence-corrected chi connectivity index (χ1v) is 10.3. The third kappa shape index (κ3) is 4.49. The molecule has 28 heavy (non-hydrogen) atoms. The zero-order valence-corrected chi connectivity index (χ0v) is 17.4. The van der Waals surface area contributed by atoms with E-state index in [1.807, 2.05) is 24.8 Å². The highest BCUT2D eigenvalue weighted by Gasteiger charge is 2.22. The molecule has 1 saturated heterocycles. The molecule has 2 aromatic rings. The van der Waals surface area contributed by atoms with E-state index in [1.54, 1.807) is 18.3 Å². The molecular formula is C20H25N5O2S. The maximum Gasteiger partial charge on any atom is 0.266 e. The summed E-state index contributed by atoms with van der Waals surface area (Å²) in [7, 11) is 0. The van der Waals surface area contributed by atoms with Crippen molar-refractivity contribution in [3.05, 3.63) is 48.8 Å². The average molecular weight is 400 g/mol. The molecule has 0 aromatic carbocycles. The minimum Gasteiger partial charge on any atom is -0.340 e. The Morgan fingerprint density at radius 2 is 2.00 bits per heavy atom. The van der Waals surface area contributed by atoms with Gasteiger partial charge in [0.2, 0.25) is 5.91 Å². The molecule has 1 fully saturated rings. The minimum atomic E-state index is -0.362. The molecule has 7 nitrogen and oxygen atoms in total. The van der Waals surface area contributed by atoms with Crippen LogP contribution >= 0.6 is 11.3 Å². The molecule has 1 aliphatic heterocycles. The first kappa shape index (κ1) is 20.2. The Kier molecular flexibility index (Phi) is 6.27. The minimum absolute atomic E-state index is 0.118. The molecule has 1 N–H and O–H groups in total. The standard InChI is InChI=1S/C20H25N5O2S/c1-13-17(14(2)22-20(27)18(13)10-21)4-5-19(26)25-8-6-24(7-9-25)11-16-12-28-15(3)23-16/h12H,4-9,11H2,1-3H3,(H,22,27). The van der Waals surface area contributed by atoms with E-state index in [1.165, 1.54) is 0 Å². The summed E-state index contributed by atoms with van der Waals surface area (Å²) in [6, 6.07) is 1.96. The third-order valence-corrected chi connectivity index (χ3v) is 6.11. The first-order valence-electron chi connectivity index (χ1n) is 9.42. The number of nitrogens with one attached hydrogen (secondary N) is 1. The fraction of sp³-hybridized carbons (Fsp3) is 0.500. The molecule has 3 heterocycles. The Morgan fingerprint density at radius 3 is 2.61 bits per heavy atom. The second kappa shape index (κ2) is 8.67. The van der Waals surface area contributed by atoms with Gasteiger partial charge in [-0.25, -0.2) is 4.98 Å². The molecule has 0 saturated carbocycles. The SMILES string of the molecule is Cc1nc(CN2CCN(C(=O)CCc3c(C)[nH]c(=O)c(C#N)c3C)CC2)cs1. The maximum atomic E-state index is 12.6. The number of carbonyl (C=O) groups is 1. The summed E-state index contributed by atoms with van der Waals surface area (Å²) in [4.78, 5) is 35.9. The Bertz CT molecular complexity index is 964. The highest BCUT2D eigenvalue weighted by molar-refractivity contribution is 7.09. The number of carbonyl (C=O) groups excluding carboxylic acids is 1. The van der Waals surface area contributed by atoms with E-state index < -0.39 is 0 Å². The molecule has 8 heteroatoms. The number of aromatic amines is 1. The Labute approximate surface area is 168 Å². The zero-order valence-electron chi connectivity index (χ0n) is 16.5. The van der Waals surface area contributed by atoms with Gasteiger partial charge in [-0.2, -0.15) is 5.26 Å². The maximum absolute atomic E-state index is 12.6. The molecular weight excluding hydrogens is 374 g/mol. The number of pyridine rings is 1. The summed E-state index contributed by atoms with van der Waals surface area (Å²) in [5, 5.41) is 12.3. The quantitative estimate of drug-likeness (QED) is 0.829. The summed E-state index contributed by atoms with van der Waals surface area (Å²) in [5.74, 6) is 0.118. The van der Waals surface area contributed by atoms with Crippen LogP contribution in [0.15, 0.2) is 10.2 Å². The number of amides is 1. The summed E-state index contributed by atoms with van der Waals surface area (Å²) < 4.78 is 0. The molecule has 0 radical (unpaired) electrons. The molecule has 0 atom stereocenters. The predicted molar refractivity (Wildman–Crippen MR) is 108 cm³/mol. The van der Waals surface area contributed by atoms with Gasteiger partial charge >= 0.3 is 0 Å². The highest BCUT2D eigenvalue weighted by atomic mass is 32.1. The number of nitriles is 1. The Balaban J connectivity index is 1.54. The van der Waals surface area contributed by atoms with E-state index in [-0.39, 0.29) is 17.0 Å². The summed E-state index contributed by atoms with van der Waals surface area (Å²) >= 11 is 1.66. The number of aryl methyl sites for hydroxylation is 2. The first-order chi connectivity index (χ1) is 13.4. The van der Waals surface area contributed by atoms with Crippen molar-refractivity contribution in [2.75, 3.05) is 26.2 Å². The van der Waals surface area contributed by atoms with E-state index in [2.05, 4.69) is 20.2 Å². The highest BCUT2D eigenvalue weighted by Crippen LogP contribution is 2.17. The van der Waals surface area contributed by atoms with Crippen molar-refractivity contribution in [1.82, 2.24) is 19.8 Å². The fourth-order valence-corrected chi connectivity index (χ4v) is 4.28. The van der Waals surface area contributed by atoms with Crippen LogP contribution in [0.2, 0.25) is 0 Å². The molecule has 0 unspecified atom stereocenters. The van der Waals surface area contributed by atoms with Crippen LogP contribution in [0, 0.1) is 32.1 Å². The Morgan fingerprint density at radius 1 is 1.29 bits per heavy atom. The summed E-state index contributed by atoms with van der Waals surface area (Å²) in [5.41, 5.74) is 3.18. The molecule has 2 aromatic heterocycles. The number of hydrogen-bond donors (Lipinski definition) is 1. The van der Waals surface area contributed by atoms with Gasteiger partial charge in [0.1, 0.15) is 11.6 Å². The zero-order chi connectivity index (χ0) is 20.3. The number of H-pyrrole nitrogens is 1. The van der Waals surface area contributed by atoms with Crippen molar-refractivity contribution in [3.8, 4) is 6.07 Å². The van der Waals surface area contributed by atoms with Crippen molar-refractivity contribution in [2.24, 2.45) is 0 Å². The van der Waals surface area contributed by atoms with E-state index >= 15 is 0 Å². The Hall–Kier alpha value is -2.50. The van der Waals surface area contributed by atoms with Gasteiger partial charge in [0.15, 0.2) is 0 Å². The average Bonchev–Trinajstić information content (AvgIpc) is 3.06. The normalized spacial score (nSPS) is 14.9. The van der Waals surface area contributed by atoms with Crippen LogP contribution in [-0.4, -0.2) is 51.9 Å². The monoisotopic (exact) mass is 399 g/mol. The van der Waals surface area contributed by atoms with Gasteiger partial charge in [0, 0.05) is 50.2 Å². The van der Waals surface area contributed by atoms with Crippen LogP contribution in [0.5, 0.6) is 0 Å². The lowest BCUT2D eigenvalue weighted by Gasteiger charge is -2.34. The topological polar surface area (TPSA) is 93.1 Å². The van der Waals surface area contributed by atoms with Crippen LogP contribution in [-0.2, 0) is 17.8 Å². The molecule has 0 spiro atoms. The van der Waals surface area contributed by atoms with E-state index in [4.69, 9.17) is 0 Å². The fourth-order valence-electron chi connectivity index (χ4n) is 3.68. The van der Waals surface area contributed by atoms with Crippen molar-refractivity contribution < 1.29 is 4.79 Å². The lowest BCUT2D eigenvalue weighted by Crippen LogP contribution is -2.48. The second-order valence-corrected chi connectivity index (χ2v) is 8.25. The van der Waals surface area contributed by atoms with Crippen LogP contribution in [0.25, 0.3) is 0 Å². The van der Waals surface area contributed by atoms with Crippen LogP contribution in [0.1, 0.15) is 39.5 Å². The number of thiazole rings is 1. The number of nitrogens with zero attached hydrogens (tertiary/aromatic N) is 4. The van der Waals surface area contributed by atoms with Crippen LogP contribution in [0.3, 0.4) is 0 Å². The molecule has 0 bridgehead atoms. The summed E-state index contributed by atoms with van der Waals surface area (Å²) in [6.07, 6.45) is 0.907. The van der Waals surface area contributed by atoms with Crippen LogP contribution in [0.4, 0.5) is 0 Å². The van der Waals surface area contributed by atoms with Crippen molar-refractivity contribution in [2.45, 2.75) is 40.2 Å². The number of aromatic nitrogens is 2. The molecule has 3 rings (SSSR count). The van der Waals surface area contributed by atoms with E-state index in [0.29, 0.717) is 18.4 Å². The van der Waals surface area contributed by atoms with Gasteiger partial charge in [-0.15, -0.1) is 11.3 Å². The van der Waals surface area contributed by atoms with E-state index in [0.717, 1.165) is 54.7 Å². The van der Waals surface area contributed by atoms with Crippen molar-refractivity contribution >= 4 is 17.2 Å². The predicted octanol–water partition coefficient (Wildman–Crippen LogP) is 1.91. The summed E-state index contributed by atoms with van der Waals surface area (Å²) in [6.45, 7) is 9.56. The number of rotatable bonds is 5. The van der Waals surface area contributed by atoms with Crippen molar-refractivity contribution in [3.63, 3.8) is 0 Å². The van der Waals surface area contributed by atoms with Gasteiger partial charge in [-0.1, -0.05) is 0 Å². The third-order valence-electron chi connectivity index (χ3n) is 5.29. The lowest BCUT2D eigenvalue weighted by atomic mass is 9.99. The van der Waals surface area contributed by atoms with E-state index in [9.17, 15) is 14.9 Å². The number of hydrogen-bond acceptors (Lipinski definition) is 6. The van der Waals surface area contributed by atoms with Gasteiger partial charge in [0.05, 0.1) is 10.7 Å².